The number of hydrogen-bond acceptors (Lipinski definition) is 4. The minimum atomic E-state index is -0.250. The lowest BCUT2D eigenvalue weighted by Crippen LogP contribution is -1.69. The van der Waals surface area contributed by atoms with Gasteiger partial charge in [0.1, 0.15) is 0 Å². The summed E-state index contributed by atoms with van der Waals surface area (Å²) >= 11 is 0. The van der Waals surface area contributed by atoms with Gasteiger partial charge in [-0.3, -0.25) is 9.59 Å². The first kappa shape index (κ1) is 24.9. The summed E-state index contributed by atoms with van der Waals surface area (Å²) < 4.78 is 0. The largest absolute Gasteiger partial charge is 0.483 e. The highest BCUT2D eigenvalue weighted by Crippen LogP contribution is 1.33. The second kappa shape index (κ2) is 69.7. The highest BCUT2D eigenvalue weighted by atomic mass is 17.1. The summed E-state index contributed by atoms with van der Waals surface area (Å²) in [5.41, 5.74) is 0. The number of carbonyl (C=O) groups is 2. The zero-order valence-corrected chi connectivity index (χ0v) is 4.27. The Balaban J connectivity index is -0.00000000848. The Morgan fingerprint density at radius 2 is 1.44 bits per heavy atom. The van der Waals surface area contributed by atoms with Gasteiger partial charge in [-0.1, -0.05) is 0 Å². The molecule has 0 aliphatic rings. The Hall–Kier alpha value is -1.18. The predicted molar refractivity (Wildman–Crippen MR) is 29.9 cm³/mol. The van der Waals surface area contributed by atoms with Crippen molar-refractivity contribution >= 4 is 12.9 Å². The molecule has 0 radical (unpaired) electrons. The molecule has 0 aromatic heterocycles. The van der Waals surface area contributed by atoms with E-state index < -0.39 is 0 Å². The molecule has 62 valence electrons. The molecule has 0 heterocycles. The van der Waals surface area contributed by atoms with Crippen molar-refractivity contribution in [3.05, 3.63) is 0 Å². The molecule has 0 fully saturated rings. The van der Waals surface area contributed by atoms with Gasteiger partial charge in [-0.25, -0.2) is 5.26 Å². The van der Waals surface area contributed by atoms with Crippen LogP contribution in [0.1, 0.15) is 2.85 Å². The van der Waals surface area contributed by atoms with Gasteiger partial charge in [-0.2, -0.15) is 0 Å². The molecule has 0 aliphatic carbocycles. The van der Waals surface area contributed by atoms with Crippen molar-refractivity contribution in [3.8, 4) is 0 Å². The van der Waals surface area contributed by atoms with Crippen molar-refractivity contribution in [2.24, 2.45) is 0 Å². The molecule has 9 heavy (non-hydrogen) atoms. The molecule has 6 N–H and O–H groups in total. The first-order valence-corrected chi connectivity index (χ1v) is 1.15. The van der Waals surface area contributed by atoms with Gasteiger partial charge in [0.05, 0.1) is 0 Å². The monoisotopic (exact) mass is 148 g/mol. The number of hydrogen-bond donors (Lipinski definition) is 2. The third-order valence-electron chi connectivity index (χ3n) is 0.0430. The van der Waals surface area contributed by atoms with E-state index in [1.807, 2.05) is 0 Å². The first-order valence-electron chi connectivity index (χ1n) is 1.15. The third kappa shape index (κ3) is 4890. The predicted octanol–water partition coefficient (Wildman–Crippen LogP) is -1.82. The third-order valence-corrected chi connectivity index (χ3v) is 0.0430. The number of carboxylic acid groups (broad SMARTS) is 1. The molecule has 0 unspecified atom stereocenters. The van der Waals surface area contributed by atoms with Crippen molar-refractivity contribution in [2.75, 3.05) is 0 Å². The van der Waals surface area contributed by atoms with Crippen molar-refractivity contribution in [1.82, 2.24) is 0 Å². The summed E-state index contributed by atoms with van der Waals surface area (Å²) in [7, 11) is 0. The topological polar surface area (TPSA) is 147 Å². The van der Waals surface area contributed by atoms with E-state index in [2.05, 4.69) is 4.89 Å². The Bertz CT molecular complexity index is 49.7. The summed E-state index contributed by atoms with van der Waals surface area (Å²) in [6.45, 7) is -0.319. The van der Waals surface area contributed by atoms with E-state index in [1.54, 1.807) is 0 Å². The van der Waals surface area contributed by atoms with Gasteiger partial charge in [-0.05, 0) is 0 Å². The molecule has 7 nitrogen and oxygen atoms in total. The average Bonchev–Trinajstić information content (AvgIpc) is 1.69. The maximum absolute atomic E-state index is 8.70. The van der Waals surface area contributed by atoms with Gasteiger partial charge < -0.3 is 20.9 Å². The van der Waals surface area contributed by atoms with Crippen LogP contribution in [0.3, 0.4) is 0 Å². The Labute approximate surface area is 53.0 Å². The van der Waals surface area contributed by atoms with Crippen molar-refractivity contribution in [2.45, 2.75) is 0 Å². The summed E-state index contributed by atoms with van der Waals surface area (Å²) in [4.78, 5) is 19.9. The van der Waals surface area contributed by atoms with Crippen LogP contribution in [-0.2, 0) is 14.5 Å². The molecule has 0 spiro atoms. The van der Waals surface area contributed by atoms with E-state index in [-0.39, 0.29) is 26.8 Å². The van der Waals surface area contributed by atoms with Crippen LogP contribution in [0.2, 0.25) is 0 Å². The quantitative estimate of drug-likeness (QED) is 0.255. The molecule has 0 saturated heterocycles. The number of rotatable bonds is 1. The molecule has 0 amide bonds. The fourth-order valence-electron chi connectivity index (χ4n) is 0. The van der Waals surface area contributed by atoms with Gasteiger partial charge >= 0.3 is 6.47 Å². The minimum absolute atomic E-state index is 0. The Kier molecular flexibility index (Phi) is 193. The molecule has 0 atom stereocenters. The van der Waals surface area contributed by atoms with E-state index in [9.17, 15) is 0 Å². The maximum Gasteiger partial charge on any atom is 0.330 e. The van der Waals surface area contributed by atoms with E-state index in [1.165, 1.54) is 0 Å². The van der Waals surface area contributed by atoms with Crippen molar-refractivity contribution < 1.29 is 38.6 Å². The van der Waals surface area contributed by atoms with Gasteiger partial charge in [-0.15, -0.1) is 0 Å². The Morgan fingerprint density at radius 1 is 1.33 bits per heavy atom. The zero-order chi connectivity index (χ0) is 6.12. The molecular formula is C2H12O7. The van der Waals surface area contributed by atoms with E-state index in [0.717, 1.165) is 0 Å². The lowest BCUT2D eigenvalue weighted by Gasteiger charge is -1.63. The van der Waals surface area contributed by atoms with Crippen LogP contribution in [-0.4, -0.2) is 34.3 Å². The second-order valence-electron chi connectivity index (χ2n) is 0.307. The Morgan fingerprint density at radius 3 is 1.44 bits per heavy atom. The normalized spacial score (nSPS) is 3.67. The van der Waals surface area contributed by atoms with Crippen molar-refractivity contribution in [1.29, 1.82) is 0 Å². The fraction of sp³-hybridized carbons (Fsp3) is 0. The molecule has 0 aromatic carbocycles. The maximum atomic E-state index is 8.70. The molecule has 0 saturated carbocycles. The van der Waals surface area contributed by atoms with Gasteiger partial charge in [0, 0.05) is 2.85 Å². The van der Waals surface area contributed by atoms with Crippen LogP contribution in [0.5, 0.6) is 0 Å². The summed E-state index contributed by atoms with van der Waals surface area (Å²) in [6.07, 6.45) is 0. The fourth-order valence-corrected chi connectivity index (χ4v) is 0. The molecule has 7 heteroatoms. The lowest BCUT2D eigenvalue weighted by atomic mass is 11.7. The summed E-state index contributed by atoms with van der Waals surface area (Å²) in [6, 6.07) is 0. The number of carbonyl (C=O) groups excluding carboxylic acids is 1. The van der Waals surface area contributed by atoms with Crippen LogP contribution in [0.25, 0.3) is 0 Å². The van der Waals surface area contributed by atoms with Crippen molar-refractivity contribution in [3.63, 3.8) is 0 Å². The lowest BCUT2D eigenvalue weighted by molar-refractivity contribution is -0.217. The molecule has 0 rings (SSSR count). The van der Waals surface area contributed by atoms with E-state index in [0.29, 0.717) is 0 Å². The highest BCUT2D eigenvalue weighted by molar-refractivity contribution is 5.35. The first-order chi connectivity index (χ1) is 3.33. The van der Waals surface area contributed by atoms with Gasteiger partial charge in [0.2, 0.25) is 0 Å². The van der Waals surface area contributed by atoms with Crippen LogP contribution in [0, 0.1) is 0 Å². The van der Waals surface area contributed by atoms with E-state index in [4.69, 9.17) is 20.0 Å². The van der Waals surface area contributed by atoms with Gasteiger partial charge in [0.15, 0.2) is 0 Å². The van der Waals surface area contributed by atoms with Crippen LogP contribution in [0.15, 0.2) is 0 Å². The summed E-state index contributed by atoms with van der Waals surface area (Å²) in [5, 5.41) is 13.9. The van der Waals surface area contributed by atoms with Crippen LogP contribution >= 0.6 is 0 Å². The smallest absolute Gasteiger partial charge is 0.330 e. The molecule has 0 aromatic rings. The average molecular weight is 148 g/mol. The van der Waals surface area contributed by atoms with E-state index >= 15 is 0 Å². The molecular weight excluding hydrogens is 136 g/mol. The van der Waals surface area contributed by atoms with Crippen LogP contribution in [0.4, 0.5) is 0 Å². The molecule has 0 bridgehead atoms. The second-order valence-corrected chi connectivity index (χ2v) is 0.307. The SMILES string of the molecule is O.O.O=CO.O=COO.[HH].[HH]. The van der Waals surface area contributed by atoms with Crippen LogP contribution < -0.4 is 0 Å². The zero-order valence-electron chi connectivity index (χ0n) is 4.27. The van der Waals surface area contributed by atoms with Gasteiger partial charge in [0.25, 0.3) is 6.47 Å². The standard InChI is InChI=1S/CH2O3.CH2O2.2H2O.2H2/c2-1-4-3;2-1-3;;;;/h1,3H;1H,(H,2,3);2*1H2;2*1H. The summed E-state index contributed by atoms with van der Waals surface area (Å²) in [5.74, 6) is 0. The minimum Gasteiger partial charge on any atom is -0.483 e. The molecule has 0 aliphatic heterocycles. The highest BCUT2D eigenvalue weighted by Gasteiger charge is 1.47.